The Bertz CT molecular complexity index is 1310. The molecule has 0 saturated heterocycles. The Hall–Kier alpha value is -3.13. The van der Waals surface area contributed by atoms with E-state index in [9.17, 15) is 9.59 Å². The molecule has 0 N–H and O–H groups in total. The maximum Gasteiger partial charge on any atom is 0.339 e. The van der Waals surface area contributed by atoms with Crippen LogP contribution in [0.5, 0.6) is 0 Å². The van der Waals surface area contributed by atoms with Crippen LogP contribution in [0.1, 0.15) is 38.7 Å². The van der Waals surface area contributed by atoms with Crippen LogP contribution in [0.3, 0.4) is 0 Å². The zero-order valence-electron chi connectivity index (χ0n) is 15.1. The highest BCUT2D eigenvalue weighted by Crippen LogP contribution is 2.30. The summed E-state index contributed by atoms with van der Waals surface area (Å²) in [4.78, 5) is 34.5. The highest BCUT2D eigenvalue weighted by Gasteiger charge is 2.25. The van der Waals surface area contributed by atoms with Gasteiger partial charge in [-0.1, -0.05) is 29.5 Å². The molecule has 28 heavy (non-hydrogen) atoms. The van der Waals surface area contributed by atoms with Crippen LogP contribution in [0.2, 0.25) is 0 Å². The fourth-order valence-corrected chi connectivity index (χ4v) is 4.52. The molecule has 1 aliphatic carbocycles. The van der Waals surface area contributed by atoms with Gasteiger partial charge in [-0.15, -0.1) is 0 Å². The fourth-order valence-electron chi connectivity index (χ4n) is 3.66. The molecule has 1 aromatic carbocycles. The van der Waals surface area contributed by atoms with E-state index >= 15 is 0 Å². The van der Waals surface area contributed by atoms with Crippen molar-refractivity contribution in [3.8, 4) is 0 Å². The largest absolute Gasteiger partial charge is 0.455 e. The minimum atomic E-state index is -0.382. The first-order chi connectivity index (χ1) is 13.6. The summed E-state index contributed by atoms with van der Waals surface area (Å²) in [5.74, 6) is -0.382. The van der Waals surface area contributed by atoms with Crippen molar-refractivity contribution >= 4 is 33.2 Å². The van der Waals surface area contributed by atoms with Crippen molar-refractivity contribution in [1.82, 2.24) is 19.6 Å². The van der Waals surface area contributed by atoms with E-state index in [1.54, 1.807) is 6.92 Å². The highest BCUT2D eigenvalue weighted by atomic mass is 32.1. The van der Waals surface area contributed by atoms with E-state index in [1.807, 2.05) is 24.3 Å². The molecule has 3 aromatic heterocycles. The SMILES string of the molecule is Cc1cc(=O)n2nc(COC(=O)c3c4c(nc5ccccc35)CCC4)sc2n1. The molecule has 8 heteroatoms. The van der Waals surface area contributed by atoms with Gasteiger partial charge in [0, 0.05) is 22.8 Å². The van der Waals surface area contributed by atoms with Crippen molar-refractivity contribution < 1.29 is 9.53 Å². The Morgan fingerprint density at radius 3 is 3.00 bits per heavy atom. The predicted octanol–water partition coefficient (Wildman–Crippen LogP) is 2.85. The van der Waals surface area contributed by atoms with Crippen LogP contribution in [0, 0.1) is 6.92 Å². The lowest BCUT2D eigenvalue weighted by atomic mass is 10.0. The first-order valence-corrected chi connectivity index (χ1v) is 9.86. The van der Waals surface area contributed by atoms with Gasteiger partial charge in [0.25, 0.3) is 5.56 Å². The topological polar surface area (TPSA) is 86.5 Å². The Morgan fingerprint density at radius 1 is 1.25 bits per heavy atom. The molecule has 0 spiro atoms. The van der Waals surface area contributed by atoms with Crippen molar-refractivity contribution in [3.63, 3.8) is 0 Å². The lowest BCUT2D eigenvalue weighted by molar-refractivity contribution is 0.0472. The minimum Gasteiger partial charge on any atom is -0.455 e. The summed E-state index contributed by atoms with van der Waals surface area (Å²) >= 11 is 1.24. The highest BCUT2D eigenvalue weighted by molar-refractivity contribution is 7.16. The van der Waals surface area contributed by atoms with Crippen LogP contribution < -0.4 is 5.56 Å². The molecule has 4 aromatic rings. The van der Waals surface area contributed by atoms with Crippen molar-refractivity contribution in [2.24, 2.45) is 0 Å². The van der Waals surface area contributed by atoms with Gasteiger partial charge in [-0.3, -0.25) is 9.78 Å². The first kappa shape index (κ1) is 17.0. The number of hydrogen-bond donors (Lipinski definition) is 0. The van der Waals surface area contributed by atoms with Crippen molar-refractivity contribution in [1.29, 1.82) is 0 Å². The molecule has 7 nitrogen and oxygen atoms in total. The molecule has 0 atom stereocenters. The van der Waals surface area contributed by atoms with Crippen molar-refractivity contribution in [2.45, 2.75) is 32.8 Å². The quantitative estimate of drug-likeness (QED) is 0.498. The lowest BCUT2D eigenvalue weighted by Gasteiger charge is -2.11. The number of pyridine rings is 1. The number of rotatable bonds is 3. The molecule has 0 bridgehead atoms. The summed E-state index contributed by atoms with van der Waals surface area (Å²) in [6.45, 7) is 1.76. The molecule has 140 valence electrons. The second-order valence-corrected chi connectivity index (χ2v) is 7.83. The molecule has 0 radical (unpaired) electrons. The third-order valence-electron chi connectivity index (χ3n) is 4.87. The molecular weight excluding hydrogens is 376 g/mol. The van der Waals surface area contributed by atoms with Crippen LogP contribution in [-0.4, -0.2) is 25.6 Å². The van der Waals surface area contributed by atoms with Gasteiger partial charge in [0.15, 0.2) is 5.01 Å². The number of esters is 1. The second kappa shape index (κ2) is 6.49. The molecule has 0 fully saturated rings. The van der Waals surface area contributed by atoms with E-state index in [0.29, 0.717) is 21.2 Å². The summed E-state index contributed by atoms with van der Waals surface area (Å²) in [7, 11) is 0. The standard InChI is InChI=1S/C20H16N4O3S/c1-11-9-17(25)24-20(21-11)28-16(23-24)10-27-19(26)18-12-5-2-3-7-14(12)22-15-8-4-6-13(15)18/h2-3,5,7,9H,4,6,8,10H2,1H3. The van der Waals surface area contributed by atoms with Crippen molar-refractivity contribution in [2.75, 3.05) is 0 Å². The van der Waals surface area contributed by atoms with Crippen LogP contribution in [0.15, 0.2) is 35.1 Å². The number of hydrogen-bond acceptors (Lipinski definition) is 7. The van der Waals surface area contributed by atoms with E-state index < -0.39 is 0 Å². The molecule has 0 saturated carbocycles. The van der Waals surface area contributed by atoms with Gasteiger partial charge in [-0.05, 0) is 37.8 Å². The number of fused-ring (bicyclic) bond motifs is 3. The average Bonchev–Trinajstić information content (AvgIpc) is 3.30. The van der Waals surface area contributed by atoms with Gasteiger partial charge < -0.3 is 4.74 Å². The van der Waals surface area contributed by atoms with Gasteiger partial charge in [-0.25, -0.2) is 9.78 Å². The van der Waals surface area contributed by atoms with Crippen LogP contribution in [0.4, 0.5) is 0 Å². The van der Waals surface area contributed by atoms with Crippen molar-refractivity contribution in [3.05, 3.63) is 68.2 Å². The monoisotopic (exact) mass is 392 g/mol. The molecule has 1 aliphatic rings. The van der Waals surface area contributed by atoms with Gasteiger partial charge in [0.2, 0.25) is 4.96 Å². The zero-order chi connectivity index (χ0) is 19.3. The minimum absolute atomic E-state index is 0.00320. The van der Waals surface area contributed by atoms with Crippen LogP contribution in [0.25, 0.3) is 15.9 Å². The molecular formula is C20H16N4O3S. The third-order valence-corrected chi connectivity index (χ3v) is 5.75. The maximum absolute atomic E-state index is 13.0. The van der Waals surface area contributed by atoms with E-state index in [0.717, 1.165) is 41.4 Å². The molecule has 0 aliphatic heterocycles. The number of nitrogens with zero attached hydrogens (tertiary/aromatic N) is 4. The summed E-state index contributed by atoms with van der Waals surface area (Å²) < 4.78 is 6.82. The van der Waals surface area contributed by atoms with Crippen LogP contribution >= 0.6 is 11.3 Å². The van der Waals surface area contributed by atoms with Gasteiger partial charge >= 0.3 is 5.97 Å². The van der Waals surface area contributed by atoms with Gasteiger partial charge in [0.1, 0.15) is 6.61 Å². The fraction of sp³-hybridized carbons (Fsp3) is 0.250. The Balaban J connectivity index is 1.48. The van der Waals surface area contributed by atoms with Gasteiger partial charge in [0.05, 0.1) is 11.1 Å². The normalized spacial score (nSPS) is 13.2. The Labute approximate surface area is 163 Å². The number of para-hydroxylation sites is 1. The summed E-state index contributed by atoms with van der Waals surface area (Å²) in [5.41, 5.74) is 3.77. The van der Waals surface area contributed by atoms with E-state index in [-0.39, 0.29) is 18.1 Å². The Morgan fingerprint density at radius 2 is 2.11 bits per heavy atom. The number of carbonyl (C=O) groups excluding carboxylic acids is 1. The van der Waals surface area contributed by atoms with E-state index in [1.165, 1.54) is 21.9 Å². The predicted molar refractivity (Wildman–Crippen MR) is 105 cm³/mol. The van der Waals surface area contributed by atoms with Crippen LogP contribution in [-0.2, 0) is 24.2 Å². The number of aromatic nitrogens is 4. The zero-order valence-corrected chi connectivity index (χ0v) is 16.0. The number of carbonyl (C=O) groups is 1. The number of benzene rings is 1. The molecule has 3 heterocycles. The Kier molecular flexibility index (Phi) is 3.94. The smallest absolute Gasteiger partial charge is 0.339 e. The second-order valence-electron chi connectivity index (χ2n) is 6.78. The lowest BCUT2D eigenvalue weighted by Crippen LogP contribution is -2.15. The average molecular weight is 392 g/mol. The summed E-state index contributed by atoms with van der Waals surface area (Å²) in [5, 5.41) is 5.56. The van der Waals surface area contributed by atoms with E-state index in [4.69, 9.17) is 9.72 Å². The summed E-state index contributed by atoms with van der Waals surface area (Å²) in [6, 6.07) is 9.06. The molecule has 5 rings (SSSR count). The molecule has 0 unspecified atom stereocenters. The number of aryl methyl sites for hydroxylation is 2. The third kappa shape index (κ3) is 2.77. The number of ether oxygens (including phenoxy) is 1. The summed E-state index contributed by atoms with van der Waals surface area (Å²) in [6.07, 6.45) is 2.70. The van der Waals surface area contributed by atoms with Gasteiger partial charge in [-0.2, -0.15) is 9.61 Å². The van der Waals surface area contributed by atoms with E-state index in [2.05, 4.69) is 10.1 Å². The molecule has 0 amide bonds. The first-order valence-electron chi connectivity index (χ1n) is 9.04. The maximum atomic E-state index is 13.0.